The minimum absolute atomic E-state index is 0.244. The van der Waals surface area contributed by atoms with E-state index in [-0.39, 0.29) is 5.69 Å². The van der Waals surface area contributed by atoms with E-state index in [9.17, 15) is 13.6 Å². The number of esters is 1. The van der Waals surface area contributed by atoms with Crippen molar-refractivity contribution in [3.8, 4) is 0 Å². The van der Waals surface area contributed by atoms with Crippen molar-refractivity contribution in [2.24, 2.45) is 0 Å². The molecule has 0 spiro atoms. The van der Waals surface area contributed by atoms with Gasteiger partial charge in [0, 0.05) is 5.69 Å². The number of methoxy groups -OCH3 is 1. The molecule has 6 heteroatoms. The molecule has 1 rings (SSSR count). The Kier molecular flexibility index (Phi) is 3.62. The molecular formula is C8H6F2INO2. The number of hydrogen-bond donors (Lipinski definition) is 1. The fourth-order valence-electron chi connectivity index (χ4n) is 0.925. The Morgan fingerprint density at radius 2 is 1.93 bits per heavy atom. The van der Waals surface area contributed by atoms with Crippen molar-refractivity contribution >= 4 is 34.5 Å². The van der Waals surface area contributed by atoms with Crippen LogP contribution >= 0.6 is 22.9 Å². The normalized spacial score (nSPS) is 9.71. The third-order valence-corrected chi connectivity index (χ3v) is 2.16. The highest BCUT2D eigenvalue weighted by Crippen LogP contribution is 2.20. The van der Waals surface area contributed by atoms with Crippen molar-refractivity contribution in [2.75, 3.05) is 10.6 Å². The third-order valence-electron chi connectivity index (χ3n) is 1.54. The Bertz CT molecular complexity index is 347. The van der Waals surface area contributed by atoms with E-state index in [0.717, 1.165) is 19.2 Å². The number of benzene rings is 1. The van der Waals surface area contributed by atoms with Crippen LogP contribution in [0.25, 0.3) is 0 Å². The molecule has 0 aliphatic carbocycles. The summed E-state index contributed by atoms with van der Waals surface area (Å²) < 4.78 is 33.1. The van der Waals surface area contributed by atoms with Gasteiger partial charge < -0.3 is 8.27 Å². The maximum absolute atomic E-state index is 13.2. The summed E-state index contributed by atoms with van der Waals surface area (Å²) in [5, 5.41) is 0. The molecule has 0 heterocycles. The van der Waals surface area contributed by atoms with E-state index in [1.807, 2.05) is 0 Å². The van der Waals surface area contributed by atoms with Gasteiger partial charge >= 0.3 is 5.97 Å². The standard InChI is InChI=1S/C8H6F2INO2/c1-14-8(13)7-5(9)2-4(12-11)3-6(7)10/h2-3,12H,1H3. The lowest BCUT2D eigenvalue weighted by Gasteiger charge is -2.04. The van der Waals surface area contributed by atoms with Gasteiger partial charge in [-0.15, -0.1) is 0 Å². The Morgan fingerprint density at radius 1 is 1.43 bits per heavy atom. The predicted molar refractivity (Wildman–Crippen MR) is 55.3 cm³/mol. The van der Waals surface area contributed by atoms with Crippen molar-refractivity contribution in [3.63, 3.8) is 0 Å². The number of anilines is 1. The molecule has 0 aliphatic rings. The molecule has 0 aromatic heterocycles. The first-order chi connectivity index (χ1) is 6.60. The summed E-state index contributed by atoms with van der Waals surface area (Å²) in [6.45, 7) is 0. The molecule has 3 nitrogen and oxygen atoms in total. The smallest absolute Gasteiger partial charge is 0.343 e. The van der Waals surface area contributed by atoms with Crippen molar-refractivity contribution in [1.82, 2.24) is 0 Å². The number of carbonyl (C=O) groups is 1. The molecule has 76 valence electrons. The fourth-order valence-corrected chi connectivity index (χ4v) is 1.24. The van der Waals surface area contributed by atoms with Crippen LogP contribution in [0.15, 0.2) is 12.1 Å². The van der Waals surface area contributed by atoms with Crippen LogP contribution in [-0.4, -0.2) is 13.1 Å². The fraction of sp³-hybridized carbons (Fsp3) is 0.125. The highest BCUT2D eigenvalue weighted by atomic mass is 127. The molecule has 0 amide bonds. The van der Waals surface area contributed by atoms with E-state index in [1.54, 1.807) is 22.9 Å². The zero-order valence-corrected chi connectivity index (χ0v) is 9.26. The molecule has 1 aromatic carbocycles. The van der Waals surface area contributed by atoms with Crippen LogP contribution in [0.3, 0.4) is 0 Å². The van der Waals surface area contributed by atoms with Gasteiger partial charge in [0.05, 0.1) is 30.0 Å². The first kappa shape index (κ1) is 11.2. The van der Waals surface area contributed by atoms with Crippen molar-refractivity contribution in [3.05, 3.63) is 29.3 Å². The summed E-state index contributed by atoms with van der Waals surface area (Å²) in [4.78, 5) is 10.9. The monoisotopic (exact) mass is 313 g/mol. The summed E-state index contributed by atoms with van der Waals surface area (Å²) in [6, 6.07) is 2.03. The summed E-state index contributed by atoms with van der Waals surface area (Å²) in [7, 11) is 1.06. The number of rotatable bonds is 2. The Hall–Kier alpha value is -0.920. The first-order valence-corrected chi connectivity index (χ1v) is 4.62. The van der Waals surface area contributed by atoms with Crippen LogP contribution in [0.4, 0.5) is 14.5 Å². The van der Waals surface area contributed by atoms with Crippen molar-refractivity contribution < 1.29 is 18.3 Å². The van der Waals surface area contributed by atoms with Crippen molar-refractivity contribution in [2.45, 2.75) is 0 Å². The zero-order valence-electron chi connectivity index (χ0n) is 7.11. The number of hydrogen-bond acceptors (Lipinski definition) is 3. The van der Waals surface area contributed by atoms with Gasteiger partial charge in [0.1, 0.15) is 17.2 Å². The second-order valence-electron chi connectivity index (χ2n) is 2.40. The maximum atomic E-state index is 13.2. The van der Waals surface area contributed by atoms with Crippen LogP contribution < -0.4 is 3.53 Å². The second-order valence-corrected chi connectivity index (χ2v) is 2.94. The molecule has 14 heavy (non-hydrogen) atoms. The number of ether oxygens (including phenoxy) is 1. The lowest BCUT2D eigenvalue weighted by molar-refractivity contribution is 0.0590. The minimum Gasteiger partial charge on any atom is -0.465 e. The molecule has 0 saturated heterocycles. The average molecular weight is 313 g/mol. The summed E-state index contributed by atoms with van der Waals surface area (Å²) in [5.41, 5.74) is -0.434. The van der Waals surface area contributed by atoms with E-state index < -0.39 is 23.2 Å². The van der Waals surface area contributed by atoms with E-state index >= 15 is 0 Å². The van der Waals surface area contributed by atoms with Crippen LogP contribution in [0.5, 0.6) is 0 Å². The van der Waals surface area contributed by atoms with Gasteiger partial charge in [-0.3, -0.25) is 0 Å². The zero-order chi connectivity index (χ0) is 10.7. The largest absolute Gasteiger partial charge is 0.465 e. The molecule has 1 aromatic rings. The number of halogens is 3. The van der Waals surface area contributed by atoms with Gasteiger partial charge in [-0.2, -0.15) is 0 Å². The first-order valence-electron chi connectivity index (χ1n) is 3.54. The molecule has 0 fully saturated rings. The summed E-state index contributed by atoms with van der Waals surface area (Å²) >= 11 is 1.73. The van der Waals surface area contributed by atoms with Gasteiger partial charge in [0.2, 0.25) is 0 Å². The maximum Gasteiger partial charge on any atom is 0.343 e. The number of carbonyl (C=O) groups excluding carboxylic acids is 1. The quantitative estimate of drug-likeness (QED) is 0.518. The molecule has 1 N–H and O–H groups in total. The van der Waals surface area contributed by atoms with Gasteiger partial charge in [0.25, 0.3) is 0 Å². The molecule has 0 bridgehead atoms. The number of nitrogens with one attached hydrogen (secondary N) is 1. The molecule has 0 aliphatic heterocycles. The van der Waals surface area contributed by atoms with Crippen molar-refractivity contribution in [1.29, 1.82) is 0 Å². The van der Waals surface area contributed by atoms with Crippen LogP contribution in [0, 0.1) is 11.6 Å². The lowest BCUT2D eigenvalue weighted by atomic mass is 10.2. The molecule has 0 unspecified atom stereocenters. The molecule has 0 atom stereocenters. The lowest BCUT2D eigenvalue weighted by Crippen LogP contribution is -2.08. The average Bonchev–Trinajstić information content (AvgIpc) is 2.16. The second kappa shape index (κ2) is 4.54. The Labute approximate surface area is 92.9 Å². The predicted octanol–water partition coefficient (Wildman–Crippen LogP) is 2.51. The molecular weight excluding hydrogens is 307 g/mol. The third kappa shape index (κ3) is 2.11. The van der Waals surface area contributed by atoms with E-state index in [0.29, 0.717) is 0 Å². The van der Waals surface area contributed by atoms with Crippen LogP contribution in [-0.2, 0) is 4.74 Å². The van der Waals surface area contributed by atoms with Gasteiger partial charge in [-0.25, -0.2) is 13.6 Å². The van der Waals surface area contributed by atoms with Crippen LogP contribution in [0.1, 0.15) is 10.4 Å². The van der Waals surface area contributed by atoms with E-state index in [4.69, 9.17) is 0 Å². The van der Waals surface area contributed by atoms with E-state index in [2.05, 4.69) is 8.27 Å². The van der Waals surface area contributed by atoms with E-state index in [1.165, 1.54) is 0 Å². The Balaban J connectivity index is 3.25. The molecule has 0 saturated carbocycles. The minimum atomic E-state index is -1.03. The van der Waals surface area contributed by atoms with Gasteiger partial charge in [0.15, 0.2) is 0 Å². The molecule has 0 radical (unpaired) electrons. The van der Waals surface area contributed by atoms with Crippen LogP contribution in [0.2, 0.25) is 0 Å². The summed E-state index contributed by atoms with van der Waals surface area (Å²) in [6.07, 6.45) is 0. The SMILES string of the molecule is COC(=O)c1c(F)cc(NI)cc1F. The highest BCUT2D eigenvalue weighted by molar-refractivity contribution is 14.1. The Morgan fingerprint density at radius 3 is 2.29 bits per heavy atom. The highest BCUT2D eigenvalue weighted by Gasteiger charge is 2.18. The topological polar surface area (TPSA) is 38.3 Å². The summed E-state index contributed by atoms with van der Waals surface area (Å²) in [5.74, 6) is -2.92. The van der Waals surface area contributed by atoms with Gasteiger partial charge in [-0.1, -0.05) is 0 Å². The van der Waals surface area contributed by atoms with Gasteiger partial charge in [-0.05, 0) is 12.1 Å².